The summed E-state index contributed by atoms with van der Waals surface area (Å²) >= 11 is 0. The maximum absolute atomic E-state index is 12.0. The summed E-state index contributed by atoms with van der Waals surface area (Å²) in [7, 11) is 0. The fraction of sp³-hybridized carbons (Fsp3) is 0.125. The van der Waals surface area contributed by atoms with E-state index in [1.54, 1.807) is 18.3 Å². The molecule has 5 heteroatoms. The summed E-state index contributed by atoms with van der Waals surface area (Å²) in [6.07, 6.45) is 1.95. The number of carbonyl (C=O) groups is 1. The van der Waals surface area contributed by atoms with E-state index in [0.717, 1.165) is 0 Å². The van der Waals surface area contributed by atoms with Crippen LogP contribution in [0, 0.1) is 11.8 Å². The molecule has 3 N–H and O–H groups in total. The second-order valence-corrected chi connectivity index (χ2v) is 4.21. The number of phenolic OH excluding ortho intramolecular Hbond substituents is 1. The molecule has 2 rings (SSSR count). The number of benzene rings is 1. The second-order valence-electron chi connectivity index (χ2n) is 4.21. The molecule has 0 aliphatic rings. The first-order chi connectivity index (χ1) is 10.2. The number of rotatable bonds is 3. The van der Waals surface area contributed by atoms with E-state index < -0.39 is 0 Å². The zero-order valence-corrected chi connectivity index (χ0v) is 11.2. The molecule has 0 unspecified atom stereocenters. The first-order valence-electron chi connectivity index (χ1n) is 6.35. The lowest BCUT2D eigenvalue weighted by molar-refractivity contribution is 0.102. The Kier molecular flexibility index (Phi) is 4.91. The maximum Gasteiger partial charge on any atom is 0.256 e. The molecule has 2 aromatic rings. The number of aliphatic hydroxyl groups excluding tert-OH is 1. The highest BCUT2D eigenvalue weighted by molar-refractivity contribution is 6.03. The van der Waals surface area contributed by atoms with Crippen LogP contribution in [0.25, 0.3) is 0 Å². The summed E-state index contributed by atoms with van der Waals surface area (Å²) in [4.78, 5) is 16.0. The number of anilines is 1. The summed E-state index contributed by atoms with van der Waals surface area (Å²) in [6, 6.07) is 9.31. The van der Waals surface area contributed by atoms with Gasteiger partial charge in [0.05, 0.1) is 6.61 Å². The molecule has 1 aromatic heterocycles. The third kappa shape index (κ3) is 4.34. The van der Waals surface area contributed by atoms with Crippen molar-refractivity contribution in [3.8, 4) is 17.6 Å². The van der Waals surface area contributed by atoms with Crippen molar-refractivity contribution in [3.05, 3.63) is 53.7 Å². The van der Waals surface area contributed by atoms with Gasteiger partial charge in [-0.3, -0.25) is 4.79 Å². The molecule has 0 fully saturated rings. The first kappa shape index (κ1) is 14.6. The largest absolute Gasteiger partial charge is 0.508 e. The Bertz CT molecular complexity index is 685. The summed E-state index contributed by atoms with van der Waals surface area (Å²) in [5.41, 5.74) is 1.13. The highest BCUT2D eigenvalue weighted by atomic mass is 16.3. The van der Waals surface area contributed by atoms with Gasteiger partial charge in [0, 0.05) is 23.7 Å². The Hall–Kier alpha value is -2.84. The molecule has 0 aliphatic carbocycles. The summed E-state index contributed by atoms with van der Waals surface area (Å²) in [6.45, 7) is 0.0164. The molecule has 0 atom stereocenters. The molecule has 0 saturated heterocycles. The smallest absolute Gasteiger partial charge is 0.256 e. The van der Waals surface area contributed by atoms with Gasteiger partial charge >= 0.3 is 0 Å². The number of hydrogen-bond acceptors (Lipinski definition) is 4. The van der Waals surface area contributed by atoms with Crippen molar-refractivity contribution < 1.29 is 15.0 Å². The zero-order valence-electron chi connectivity index (χ0n) is 11.2. The van der Waals surface area contributed by atoms with Gasteiger partial charge < -0.3 is 15.5 Å². The Balaban J connectivity index is 2.09. The molecule has 0 bridgehead atoms. The maximum atomic E-state index is 12.0. The van der Waals surface area contributed by atoms with Crippen molar-refractivity contribution in [1.29, 1.82) is 0 Å². The minimum atomic E-state index is -0.317. The molecule has 5 nitrogen and oxygen atoms in total. The van der Waals surface area contributed by atoms with Crippen LogP contribution in [0.3, 0.4) is 0 Å². The van der Waals surface area contributed by atoms with Crippen LogP contribution in [0.4, 0.5) is 5.82 Å². The minimum absolute atomic E-state index is 0.0164. The van der Waals surface area contributed by atoms with Gasteiger partial charge in [0.25, 0.3) is 5.91 Å². The molecule has 0 radical (unpaired) electrons. The number of nitrogens with zero attached hydrogens (tertiary/aromatic N) is 1. The van der Waals surface area contributed by atoms with Crippen LogP contribution < -0.4 is 5.32 Å². The van der Waals surface area contributed by atoms with Crippen LogP contribution >= 0.6 is 0 Å². The highest BCUT2D eigenvalue weighted by Gasteiger charge is 2.06. The first-order valence-corrected chi connectivity index (χ1v) is 6.35. The van der Waals surface area contributed by atoms with Crippen LogP contribution in [0.15, 0.2) is 42.6 Å². The average Bonchev–Trinajstić information content (AvgIpc) is 2.48. The number of pyridine rings is 1. The van der Waals surface area contributed by atoms with E-state index in [0.29, 0.717) is 23.4 Å². The van der Waals surface area contributed by atoms with Crippen molar-refractivity contribution >= 4 is 11.7 Å². The van der Waals surface area contributed by atoms with Crippen LogP contribution in [0.2, 0.25) is 0 Å². The Morgan fingerprint density at radius 2 is 2.00 bits per heavy atom. The number of amides is 1. The Morgan fingerprint density at radius 1 is 1.24 bits per heavy atom. The van der Waals surface area contributed by atoms with Gasteiger partial charge in [0.2, 0.25) is 0 Å². The van der Waals surface area contributed by atoms with E-state index in [4.69, 9.17) is 5.11 Å². The third-order valence-electron chi connectivity index (χ3n) is 2.60. The summed E-state index contributed by atoms with van der Waals surface area (Å²) in [5, 5.41) is 20.5. The van der Waals surface area contributed by atoms with Crippen molar-refractivity contribution in [3.63, 3.8) is 0 Å². The van der Waals surface area contributed by atoms with E-state index in [-0.39, 0.29) is 18.3 Å². The predicted molar refractivity (Wildman–Crippen MR) is 78.9 cm³/mol. The van der Waals surface area contributed by atoms with Crippen molar-refractivity contribution in [2.24, 2.45) is 0 Å². The quantitative estimate of drug-likeness (QED) is 0.749. The lowest BCUT2D eigenvalue weighted by atomic mass is 10.2. The molecule has 0 saturated carbocycles. The monoisotopic (exact) mass is 282 g/mol. The van der Waals surface area contributed by atoms with Gasteiger partial charge in [-0.25, -0.2) is 4.98 Å². The molecule has 0 aliphatic heterocycles. The standard InChI is InChI=1S/C16H14N2O3/c19-10-2-1-3-12-8-9-17-15(11-12)18-16(21)13-4-6-14(20)7-5-13/h4-9,11,19-20H,2,10H2,(H,17,18,21). The highest BCUT2D eigenvalue weighted by Crippen LogP contribution is 2.12. The van der Waals surface area contributed by atoms with E-state index >= 15 is 0 Å². The summed E-state index contributed by atoms with van der Waals surface area (Å²) in [5.74, 6) is 5.85. The van der Waals surface area contributed by atoms with Crippen molar-refractivity contribution in [2.75, 3.05) is 11.9 Å². The lowest BCUT2D eigenvalue weighted by Crippen LogP contribution is -2.12. The fourth-order valence-corrected chi connectivity index (χ4v) is 1.60. The van der Waals surface area contributed by atoms with Crippen LogP contribution in [-0.2, 0) is 0 Å². The number of aliphatic hydroxyl groups is 1. The number of hydrogen-bond donors (Lipinski definition) is 3. The predicted octanol–water partition coefficient (Wildman–Crippen LogP) is 1.77. The molecular weight excluding hydrogens is 268 g/mol. The van der Waals surface area contributed by atoms with E-state index in [1.807, 2.05) is 0 Å². The van der Waals surface area contributed by atoms with Crippen LogP contribution in [0.1, 0.15) is 22.3 Å². The molecular formula is C16H14N2O3. The lowest BCUT2D eigenvalue weighted by Gasteiger charge is -2.04. The Morgan fingerprint density at radius 3 is 2.71 bits per heavy atom. The SMILES string of the molecule is O=C(Nc1cc(C#CCCO)ccn1)c1ccc(O)cc1. The third-order valence-corrected chi connectivity index (χ3v) is 2.60. The molecule has 1 heterocycles. The topological polar surface area (TPSA) is 82.5 Å². The van der Waals surface area contributed by atoms with Crippen LogP contribution in [0.5, 0.6) is 5.75 Å². The number of phenols is 1. The van der Waals surface area contributed by atoms with E-state index in [1.165, 1.54) is 24.3 Å². The van der Waals surface area contributed by atoms with Gasteiger partial charge in [-0.05, 0) is 36.4 Å². The van der Waals surface area contributed by atoms with Gasteiger partial charge in [-0.15, -0.1) is 0 Å². The molecule has 1 amide bonds. The zero-order chi connectivity index (χ0) is 15.1. The summed E-state index contributed by atoms with van der Waals surface area (Å²) < 4.78 is 0. The number of carbonyl (C=O) groups excluding carboxylic acids is 1. The molecule has 106 valence electrons. The Labute approximate surface area is 122 Å². The molecule has 0 spiro atoms. The van der Waals surface area contributed by atoms with E-state index in [9.17, 15) is 9.90 Å². The van der Waals surface area contributed by atoms with Gasteiger partial charge in [-0.2, -0.15) is 0 Å². The van der Waals surface area contributed by atoms with Gasteiger partial charge in [0.1, 0.15) is 11.6 Å². The normalized spacial score (nSPS) is 9.57. The fourth-order valence-electron chi connectivity index (χ4n) is 1.60. The number of aromatic nitrogens is 1. The second kappa shape index (κ2) is 7.08. The molecule has 1 aromatic carbocycles. The van der Waals surface area contributed by atoms with E-state index in [2.05, 4.69) is 22.1 Å². The average molecular weight is 282 g/mol. The minimum Gasteiger partial charge on any atom is -0.508 e. The van der Waals surface area contributed by atoms with Crippen molar-refractivity contribution in [2.45, 2.75) is 6.42 Å². The molecule has 21 heavy (non-hydrogen) atoms. The number of nitrogens with one attached hydrogen (secondary N) is 1. The van der Waals surface area contributed by atoms with Gasteiger partial charge in [-0.1, -0.05) is 11.8 Å². The van der Waals surface area contributed by atoms with Crippen molar-refractivity contribution in [1.82, 2.24) is 4.98 Å². The number of aromatic hydroxyl groups is 1. The van der Waals surface area contributed by atoms with Crippen LogP contribution in [-0.4, -0.2) is 27.7 Å². The van der Waals surface area contributed by atoms with Gasteiger partial charge in [0.15, 0.2) is 0 Å².